The van der Waals surface area contributed by atoms with Gasteiger partial charge in [-0.2, -0.15) is 0 Å². The molecule has 0 unspecified atom stereocenters. The van der Waals surface area contributed by atoms with Gasteiger partial charge < -0.3 is 10.0 Å². The predicted octanol–water partition coefficient (Wildman–Crippen LogP) is 0.997. The maximum absolute atomic E-state index is 11.9. The number of aliphatic hydroxyl groups excluding tert-OH is 1. The minimum atomic E-state index is -0.339. The Kier molecular flexibility index (Phi) is 4.09. The van der Waals surface area contributed by atoms with E-state index in [0.29, 0.717) is 13.0 Å². The highest BCUT2D eigenvalue weighted by Crippen LogP contribution is 2.12. The Labute approximate surface area is 101 Å². The minimum Gasteiger partial charge on any atom is -0.391 e. The van der Waals surface area contributed by atoms with Crippen LogP contribution in [0.5, 0.6) is 0 Å². The summed E-state index contributed by atoms with van der Waals surface area (Å²) in [5, 5.41) is 9.51. The highest BCUT2D eigenvalue weighted by atomic mass is 16.3. The van der Waals surface area contributed by atoms with Crippen LogP contribution in [-0.2, 0) is 11.2 Å². The Balaban J connectivity index is 1.81. The molecule has 0 spiro atoms. The summed E-state index contributed by atoms with van der Waals surface area (Å²) >= 11 is 0. The van der Waals surface area contributed by atoms with Gasteiger partial charge in [0.25, 0.3) is 0 Å². The first-order valence-electron chi connectivity index (χ1n) is 6.10. The second kappa shape index (κ2) is 5.77. The molecule has 2 rings (SSSR count). The van der Waals surface area contributed by atoms with Crippen molar-refractivity contribution in [2.75, 3.05) is 13.1 Å². The van der Waals surface area contributed by atoms with Crippen LogP contribution in [0.4, 0.5) is 0 Å². The van der Waals surface area contributed by atoms with E-state index in [1.165, 1.54) is 0 Å². The lowest BCUT2D eigenvalue weighted by atomic mass is 10.1. The molecule has 1 N–H and O–H groups in total. The molecule has 0 bridgehead atoms. The molecule has 1 aliphatic heterocycles. The van der Waals surface area contributed by atoms with Crippen LogP contribution in [0.2, 0.25) is 0 Å². The Bertz CT molecular complexity index is 367. The largest absolute Gasteiger partial charge is 0.391 e. The van der Waals surface area contributed by atoms with Gasteiger partial charge in [0.15, 0.2) is 0 Å². The summed E-state index contributed by atoms with van der Waals surface area (Å²) in [6.45, 7) is 1.28. The number of aliphatic hydroxyl groups is 1. The highest BCUT2D eigenvalue weighted by Gasteiger charge is 2.21. The monoisotopic (exact) mass is 234 g/mol. The number of amides is 1. The van der Waals surface area contributed by atoms with E-state index in [2.05, 4.69) is 4.98 Å². The molecule has 17 heavy (non-hydrogen) atoms. The lowest BCUT2D eigenvalue weighted by Gasteiger charge is -2.30. The van der Waals surface area contributed by atoms with E-state index in [4.69, 9.17) is 0 Å². The van der Waals surface area contributed by atoms with Crippen molar-refractivity contribution >= 4 is 5.91 Å². The van der Waals surface area contributed by atoms with E-state index < -0.39 is 0 Å². The summed E-state index contributed by atoms with van der Waals surface area (Å²) in [5.74, 6) is 0.139. The third kappa shape index (κ3) is 3.53. The van der Waals surface area contributed by atoms with Crippen molar-refractivity contribution in [3.8, 4) is 0 Å². The van der Waals surface area contributed by atoms with Crippen LogP contribution in [0.1, 0.15) is 24.8 Å². The summed E-state index contributed by atoms with van der Waals surface area (Å²) in [7, 11) is 0. The molecule has 0 aliphatic carbocycles. The smallest absolute Gasteiger partial charge is 0.222 e. The van der Waals surface area contributed by atoms with Crippen LogP contribution in [-0.4, -0.2) is 40.1 Å². The number of aromatic nitrogens is 1. The van der Waals surface area contributed by atoms with E-state index in [-0.39, 0.29) is 12.0 Å². The molecule has 0 saturated carbocycles. The zero-order valence-corrected chi connectivity index (χ0v) is 9.88. The number of likely N-dealkylation sites (tertiary alicyclic amines) is 1. The van der Waals surface area contributed by atoms with Crippen molar-refractivity contribution in [3.63, 3.8) is 0 Å². The third-order valence-corrected chi connectivity index (χ3v) is 3.13. The number of aryl methyl sites for hydroxylation is 1. The zero-order valence-electron chi connectivity index (χ0n) is 9.88. The number of hydrogen-bond acceptors (Lipinski definition) is 3. The Morgan fingerprint density at radius 3 is 2.94 bits per heavy atom. The van der Waals surface area contributed by atoms with Gasteiger partial charge in [-0.1, -0.05) is 0 Å². The number of β-amino-alcohol motifs (C(OH)–C–C–N with tert-alkyl or cyclic N) is 1. The van der Waals surface area contributed by atoms with Gasteiger partial charge in [-0.25, -0.2) is 0 Å². The predicted molar refractivity (Wildman–Crippen MR) is 64.4 cm³/mol. The van der Waals surface area contributed by atoms with Crippen LogP contribution in [0.3, 0.4) is 0 Å². The molecule has 4 heteroatoms. The first-order chi connectivity index (χ1) is 8.25. The molecule has 1 amide bonds. The fraction of sp³-hybridized carbons (Fsp3) is 0.538. The van der Waals surface area contributed by atoms with Crippen LogP contribution >= 0.6 is 0 Å². The van der Waals surface area contributed by atoms with E-state index >= 15 is 0 Å². The average Bonchev–Trinajstić information content (AvgIpc) is 2.37. The van der Waals surface area contributed by atoms with E-state index in [9.17, 15) is 9.90 Å². The second-order valence-corrected chi connectivity index (χ2v) is 4.49. The maximum atomic E-state index is 11.9. The molecule has 1 aromatic heterocycles. The Morgan fingerprint density at radius 1 is 1.47 bits per heavy atom. The molecular formula is C13H18N2O2. The van der Waals surface area contributed by atoms with Crippen molar-refractivity contribution < 1.29 is 9.90 Å². The highest BCUT2D eigenvalue weighted by molar-refractivity contribution is 5.76. The Morgan fingerprint density at radius 2 is 2.24 bits per heavy atom. The number of piperidine rings is 1. The molecular weight excluding hydrogens is 216 g/mol. The van der Waals surface area contributed by atoms with Crippen LogP contribution in [0.25, 0.3) is 0 Å². The fourth-order valence-corrected chi connectivity index (χ4v) is 2.14. The molecule has 2 heterocycles. The van der Waals surface area contributed by atoms with Crippen molar-refractivity contribution in [2.45, 2.75) is 31.8 Å². The quantitative estimate of drug-likeness (QED) is 0.848. The first kappa shape index (κ1) is 12.0. The van der Waals surface area contributed by atoms with Crippen LogP contribution in [0, 0.1) is 0 Å². The minimum absolute atomic E-state index is 0.139. The van der Waals surface area contributed by atoms with Gasteiger partial charge in [0.05, 0.1) is 6.10 Å². The molecule has 92 valence electrons. The lowest BCUT2D eigenvalue weighted by molar-refractivity contribution is -0.134. The molecule has 1 atom stereocenters. The Hall–Kier alpha value is -1.42. The van der Waals surface area contributed by atoms with E-state index in [0.717, 1.165) is 31.4 Å². The molecule has 0 aromatic carbocycles. The van der Waals surface area contributed by atoms with Crippen molar-refractivity contribution in [3.05, 3.63) is 30.1 Å². The average molecular weight is 234 g/mol. The van der Waals surface area contributed by atoms with Crippen molar-refractivity contribution in [2.24, 2.45) is 0 Å². The standard InChI is InChI=1S/C13H18N2O2/c16-12-2-1-9-15(10-12)13(17)4-3-11-5-7-14-8-6-11/h5-8,12,16H,1-4,9-10H2/t12-/m0/s1. The lowest BCUT2D eigenvalue weighted by Crippen LogP contribution is -2.42. The fourth-order valence-electron chi connectivity index (χ4n) is 2.14. The van der Waals surface area contributed by atoms with Gasteiger partial charge in [0.2, 0.25) is 5.91 Å². The van der Waals surface area contributed by atoms with E-state index in [1.807, 2.05) is 12.1 Å². The SMILES string of the molecule is O=C(CCc1ccncc1)N1CCC[C@H](O)C1. The zero-order chi connectivity index (χ0) is 12.1. The normalized spacial score (nSPS) is 20.3. The molecule has 1 saturated heterocycles. The summed E-state index contributed by atoms with van der Waals surface area (Å²) in [6.07, 6.45) is 6.12. The van der Waals surface area contributed by atoms with Gasteiger partial charge >= 0.3 is 0 Å². The topological polar surface area (TPSA) is 53.4 Å². The molecule has 0 radical (unpaired) electrons. The van der Waals surface area contributed by atoms with Crippen LogP contribution < -0.4 is 0 Å². The summed E-state index contributed by atoms with van der Waals surface area (Å²) in [4.78, 5) is 17.6. The van der Waals surface area contributed by atoms with Gasteiger partial charge in [-0.15, -0.1) is 0 Å². The van der Waals surface area contributed by atoms with Gasteiger partial charge in [0, 0.05) is 31.9 Å². The number of pyridine rings is 1. The number of rotatable bonds is 3. The van der Waals surface area contributed by atoms with Crippen LogP contribution in [0.15, 0.2) is 24.5 Å². The first-order valence-corrected chi connectivity index (χ1v) is 6.10. The molecule has 1 aliphatic rings. The second-order valence-electron chi connectivity index (χ2n) is 4.49. The number of hydrogen-bond donors (Lipinski definition) is 1. The molecule has 4 nitrogen and oxygen atoms in total. The third-order valence-electron chi connectivity index (χ3n) is 3.13. The number of carbonyl (C=O) groups excluding carboxylic acids is 1. The number of nitrogens with zero attached hydrogens (tertiary/aromatic N) is 2. The van der Waals surface area contributed by atoms with Gasteiger partial charge in [-0.3, -0.25) is 9.78 Å². The molecule has 1 fully saturated rings. The van der Waals surface area contributed by atoms with E-state index in [1.54, 1.807) is 17.3 Å². The molecule has 1 aromatic rings. The van der Waals surface area contributed by atoms with Gasteiger partial charge in [-0.05, 0) is 37.0 Å². The number of carbonyl (C=O) groups is 1. The summed E-state index contributed by atoms with van der Waals surface area (Å²) in [5.41, 5.74) is 1.13. The maximum Gasteiger partial charge on any atom is 0.222 e. The summed E-state index contributed by atoms with van der Waals surface area (Å²) in [6, 6.07) is 3.86. The van der Waals surface area contributed by atoms with Crippen molar-refractivity contribution in [1.82, 2.24) is 9.88 Å². The summed E-state index contributed by atoms with van der Waals surface area (Å²) < 4.78 is 0. The van der Waals surface area contributed by atoms with Gasteiger partial charge in [0.1, 0.15) is 0 Å². The van der Waals surface area contributed by atoms with Crippen molar-refractivity contribution in [1.29, 1.82) is 0 Å².